The highest BCUT2D eigenvalue weighted by atomic mass is 32.2. The predicted molar refractivity (Wildman–Crippen MR) is 119 cm³/mol. The van der Waals surface area contributed by atoms with Crippen LogP contribution in [-0.4, -0.2) is 54.1 Å². The number of pyridine rings is 1. The van der Waals surface area contributed by atoms with E-state index < -0.39 is 10.0 Å². The number of rotatable bonds is 4. The molecular formula is C21H25N3O3S2. The Hall–Kier alpha value is -2.00. The number of benzene rings is 1. The summed E-state index contributed by atoms with van der Waals surface area (Å²) in [6, 6.07) is 12.2. The summed E-state index contributed by atoms with van der Waals surface area (Å²) in [4.78, 5) is 16.1. The van der Waals surface area contributed by atoms with Gasteiger partial charge < -0.3 is 4.57 Å². The normalized spacial score (nSPS) is 19.1. The number of aromatic nitrogens is 1. The van der Waals surface area contributed by atoms with Crippen LogP contribution in [0.3, 0.4) is 0 Å². The maximum absolute atomic E-state index is 12.7. The minimum absolute atomic E-state index is 0.0112. The molecule has 1 aromatic carbocycles. The molecule has 1 fully saturated rings. The molecule has 0 aliphatic carbocycles. The molecule has 0 saturated carbocycles. The Morgan fingerprint density at radius 3 is 2.55 bits per heavy atom. The van der Waals surface area contributed by atoms with Crippen LogP contribution < -0.4 is 5.56 Å². The Bertz CT molecular complexity index is 1200. The number of piperazine rings is 1. The van der Waals surface area contributed by atoms with Gasteiger partial charge in [0.1, 0.15) is 0 Å². The first-order valence-corrected chi connectivity index (χ1v) is 12.3. The monoisotopic (exact) mass is 431 g/mol. The van der Waals surface area contributed by atoms with Crippen LogP contribution in [0.25, 0.3) is 21.2 Å². The van der Waals surface area contributed by atoms with Crippen LogP contribution >= 0.6 is 11.3 Å². The van der Waals surface area contributed by atoms with Crippen molar-refractivity contribution in [1.82, 2.24) is 13.8 Å². The summed E-state index contributed by atoms with van der Waals surface area (Å²) >= 11 is 1.66. The largest absolute Gasteiger partial charge is 0.317 e. The highest BCUT2D eigenvalue weighted by Crippen LogP contribution is 2.34. The standard InChI is InChI=1S/C21H25N3O3S2/c1-15-12-24(29(3,26)27)10-9-23(15)13-17-11-18-20(28-17)19(14-22(2)21(18)25)16-7-5-4-6-8-16/h4-8,11,14-15H,9-10,12-13H2,1-3H3/t15-/m1/s1. The summed E-state index contributed by atoms with van der Waals surface area (Å²) in [5, 5.41) is 0.747. The van der Waals surface area contributed by atoms with Gasteiger partial charge in [-0.05, 0) is 18.6 Å². The molecular weight excluding hydrogens is 406 g/mol. The average molecular weight is 432 g/mol. The van der Waals surface area contributed by atoms with Crippen LogP contribution in [0.2, 0.25) is 0 Å². The predicted octanol–water partition coefficient (Wildman–Crippen LogP) is 2.73. The summed E-state index contributed by atoms with van der Waals surface area (Å²) in [5.74, 6) is 0. The van der Waals surface area contributed by atoms with E-state index in [0.29, 0.717) is 19.6 Å². The van der Waals surface area contributed by atoms with Gasteiger partial charge in [0.25, 0.3) is 5.56 Å². The number of hydrogen-bond donors (Lipinski definition) is 0. The topological polar surface area (TPSA) is 62.6 Å². The van der Waals surface area contributed by atoms with Crippen molar-refractivity contribution in [3.05, 3.63) is 57.8 Å². The molecule has 8 heteroatoms. The highest BCUT2D eigenvalue weighted by Gasteiger charge is 2.29. The van der Waals surface area contributed by atoms with Gasteiger partial charge >= 0.3 is 0 Å². The first kappa shape index (κ1) is 20.3. The van der Waals surface area contributed by atoms with Crippen LogP contribution in [0.5, 0.6) is 0 Å². The molecule has 1 atom stereocenters. The lowest BCUT2D eigenvalue weighted by Gasteiger charge is -2.38. The van der Waals surface area contributed by atoms with Crippen molar-refractivity contribution >= 4 is 31.4 Å². The number of nitrogens with zero attached hydrogens (tertiary/aromatic N) is 3. The molecule has 1 aliphatic heterocycles. The third-order valence-corrected chi connectivity index (χ3v) is 7.96. The molecule has 154 valence electrons. The van der Waals surface area contributed by atoms with E-state index in [9.17, 15) is 13.2 Å². The Morgan fingerprint density at radius 1 is 1.17 bits per heavy atom. The van der Waals surface area contributed by atoms with Crippen molar-refractivity contribution in [3.8, 4) is 11.1 Å². The van der Waals surface area contributed by atoms with Crippen LogP contribution in [-0.2, 0) is 23.6 Å². The number of sulfonamides is 1. The molecule has 0 amide bonds. The summed E-state index contributed by atoms with van der Waals surface area (Å²) in [7, 11) is -1.37. The molecule has 29 heavy (non-hydrogen) atoms. The molecule has 3 heterocycles. The number of aryl methyl sites for hydroxylation is 1. The second-order valence-corrected chi connectivity index (χ2v) is 10.8. The van der Waals surface area contributed by atoms with Crippen molar-refractivity contribution in [2.45, 2.75) is 19.5 Å². The first-order chi connectivity index (χ1) is 13.7. The minimum Gasteiger partial charge on any atom is -0.317 e. The first-order valence-electron chi connectivity index (χ1n) is 9.60. The number of fused-ring (bicyclic) bond motifs is 1. The van der Waals surface area contributed by atoms with Gasteiger partial charge in [0.05, 0.1) is 11.6 Å². The Kier molecular flexibility index (Phi) is 5.37. The molecule has 0 N–H and O–H groups in total. The fraction of sp³-hybridized carbons (Fsp3) is 0.381. The second kappa shape index (κ2) is 7.68. The van der Waals surface area contributed by atoms with Crippen molar-refractivity contribution < 1.29 is 8.42 Å². The summed E-state index contributed by atoms with van der Waals surface area (Å²) in [5.41, 5.74) is 2.17. The zero-order chi connectivity index (χ0) is 20.8. The lowest BCUT2D eigenvalue weighted by molar-refractivity contribution is 0.123. The van der Waals surface area contributed by atoms with Gasteiger partial charge in [-0.2, -0.15) is 4.31 Å². The Morgan fingerprint density at radius 2 is 1.90 bits per heavy atom. The quantitative estimate of drug-likeness (QED) is 0.637. The molecule has 4 rings (SSSR count). The van der Waals surface area contributed by atoms with Crippen LogP contribution in [0.1, 0.15) is 11.8 Å². The fourth-order valence-electron chi connectivity index (χ4n) is 3.90. The van der Waals surface area contributed by atoms with E-state index in [4.69, 9.17) is 0 Å². The summed E-state index contributed by atoms with van der Waals surface area (Å²) in [6.07, 6.45) is 3.18. The van der Waals surface area contributed by atoms with Crippen molar-refractivity contribution in [2.75, 3.05) is 25.9 Å². The van der Waals surface area contributed by atoms with E-state index in [-0.39, 0.29) is 11.6 Å². The molecule has 1 aliphatic rings. The molecule has 2 aromatic heterocycles. The Balaban J connectivity index is 1.66. The van der Waals surface area contributed by atoms with E-state index >= 15 is 0 Å². The third kappa shape index (κ3) is 4.02. The van der Waals surface area contributed by atoms with E-state index in [1.165, 1.54) is 6.26 Å². The van der Waals surface area contributed by atoms with E-state index in [1.807, 2.05) is 30.5 Å². The smallest absolute Gasteiger partial charge is 0.259 e. The number of hydrogen-bond acceptors (Lipinski definition) is 5. The van der Waals surface area contributed by atoms with Crippen LogP contribution in [0.4, 0.5) is 0 Å². The molecule has 0 unspecified atom stereocenters. The molecule has 6 nitrogen and oxygen atoms in total. The molecule has 3 aromatic rings. The van der Waals surface area contributed by atoms with Gasteiger partial charge in [-0.25, -0.2) is 8.42 Å². The van der Waals surface area contributed by atoms with Gasteiger partial charge in [-0.15, -0.1) is 11.3 Å². The van der Waals surface area contributed by atoms with Gasteiger partial charge in [0.15, 0.2) is 0 Å². The average Bonchev–Trinajstić information content (AvgIpc) is 3.10. The molecule has 0 spiro atoms. The summed E-state index contributed by atoms with van der Waals surface area (Å²) < 4.78 is 27.9. The maximum atomic E-state index is 12.7. The van der Waals surface area contributed by atoms with Crippen LogP contribution in [0.15, 0.2) is 47.4 Å². The SMILES string of the molecule is C[C@@H]1CN(S(C)(=O)=O)CCN1Cc1cc2c(=O)n(C)cc(-c3ccccc3)c2s1. The van der Waals surface area contributed by atoms with Gasteiger partial charge in [0.2, 0.25) is 10.0 Å². The van der Waals surface area contributed by atoms with E-state index in [2.05, 4.69) is 24.0 Å². The highest BCUT2D eigenvalue weighted by molar-refractivity contribution is 7.88. The van der Waals surface area contributed by atoms with Crippen LogP contribution in [0, 0.1) is 0 Å². The zero-order valence-corrected chi connectivity index (χ0v) is 18.5. The molecule has 0 bridgehead atoms. The van der Waals surface area contributed by atoms with Crippen molar-refractivity contribution in [3.63, 3.8) is 0 Å². The van der Waals surface area contributed by atoms with Gasteiger partial charge in [0, 0.05) is 60.6 Å². The fourth-order valence-corrected chi connectivity index (χ4v) is 6.01. The maximum Gasteiger partial charge on any atom is 0.259 e. The number of thiophene rings is 1. The zero-order valence-electron chi connectivity index (χ0n) is 16.8. The summed E-state index contributed by atoms with van der Waals surface area (Å²) in [6.45, 7) is 4.46. The third-order valence-electron chi connectivity index (χ3n) is 5.54. The van der Waals surface area contributed by atoms with E-state index in [0.717, 1.165) is 32.6 Å². The van der Waals surface area contributed by atoms with Gasteiger partial charge in [-0.3, -0.25) is 9.69 Å². The molecule has 1 saturated heterocycles. The lowest BCUT2D eigenvalue weighted by Crippen LogP contribution is -2.52. The van der Waals surface area contributed by atoms with Crippen molar-refractivity contribution in [1.29, 1.82) is 0 Å². The minimum atomic E-state index is -3.16. The van der Waals surface area contributed by atoms with E-state index in [1.54, 1.807) is 27.3 Å². The lowest BCUT2D eigenvalue weighted by atomic mass is 10.1. The second-order valence-electron chi connectivity index (χ2n) is 7.72. The van der Waals surface area contributed by atoms with Crippen molar-refractivity contribution in [2.24, 2.45) is 7.05 Å². The van der Waals surface area contributed by atoms with Gasteiger partial charge in [-0.1, -0.05) is 30.3 Å². The Labute approximate surface area is 175 Å². The molecule has 0 radical (unpaired) electrons.